The Kier molecular flexibility index (Phi) is 1.91. The molecule has 1 fully saturated rings. The van der Waals surface area contributed by atoms with Gasteiger partial charge < -0.3 is 10.2 Å². The summed E-state index contributed by atoms with van der Waals surface area (Å²) in [6.45, 7) is 0. The molecule has 0 saturated heterocycles. The van der Waals surface area contributed by atoms with Crippen molar-refractivity contribution in [1.29, 1.82) is 0 Å². The SMILES string of the molecule is Nc1ccc2nc(CC3CCC3)oc2c1. The number of anilines is 1. The summed E-state index contributed by atoms with van der Waals surface area (Å²) < 4.78 is 5.66. The lowest BCUT2D eigenvalue weighted by Gasteiger charge is -2.23. The second-order valence-electron chi connectivity index (χ2n) is 4.34. The van der Waals surface area contributed by atoms with Gasteiger partial charge in [0, 0.05) is 18.2 Å². The van der Waals surface area contributed by atoms with Gasteiger partial charge in [0.1, 0.15) is 5.52 Å². The van der Waals surface area contributed by atoms with Crippen molar-refractivity contribution in [1.82, 2.24) is 4.98 Å². The molecular weight excluding hydrogens is 188 g/mol. The molecule has 0 aliphatic heterocycles. The quantitative estimate of drug-likeness (QED) is 0.762. The van der Waals surface area contributed by atoms with Crippen molar-refractivity contribution in [3.63, 3.8) is 0 Å². The molecule has 0 atom stereocenters. The third-order valence-corrected chi connectivity index (χ3v) is 3.14. The first-order valence-corrected chi connectivity index (χ1v) is 5.46. The molecule has 2 aromatic rings. The van der Waals surface area contributed by atoms with Crippen LogP contribution in [-0.2, 0) is 6.42 Å². The van der Waals surface area contributed by atoms with E-state index in [0.29, 0.717) is 0 Å². The third-order valence-electron chi connectivity index (χ3n) is 3.14. The van der Waals surface area contributed by atoms with Crippen LogP contribution in [0.4, 0.5) is 5.69 Å². The van der Waals surface area contributed by atoms with Crippen LogP contribution in [0.15, 0.2) is 22.6 Å². The molecule has 1 saturated carbocycles. The standard InChI is InChI=1S/C12H14N2O/c13-9-4-5-10-11(7-9)15-12(14-10)6-8-2-1-3-8/h4-5,7-8H,1-3,6,13H2. The Hall–Kier alpha value is -1.51. The van der Waals surface area contributed by atoms with Crippen LogP contribution >= 0.6 is 0 Å². The minimum absolute atomic E-state index is 0.730. The number of nitrogen functional groups attached to an aromatic ring is 1. The molecule has 3 nitrogen and oxygen atoms in total. The van der Waals surface area contributed by atoms with Crippen LogP contribution in [0.25, 0.3) is 11.1 Å². The summed E-state index contributed by atoms with van der Waals surface area (Å²) in [4.78, 5) is 4.45. The topological polar surface area (TPSA) is 52.0 Å². The van der Waals surface area contributed by atoms with E-state index in [0.717, 1.165) is 35.0 Å². The molecule has 0 spiro atoms. The number of nitrogens with two attached hydrogens (primary N) is 1. The predicted octanol–water partition coefficient (Wildman–Crippen LogP) is 2.75. The van der Waals surface area contributed by atoms with Crippen LogP contribution in [0.5, 0.6) is 0 Å². The molecule has 0 unspecified atom stereocenters. The van der Waals surface area contributed by atoms with Gasteiger partial charge in [-0.2, -0.15) is 0 Å². The Morgan fingerprint density at radius 3 is 3.00 bits per heavy atom. The molecule has 1 aromatic heterocycles. The fourth-order valence-corrected chi connectivity index (χ4v) is 2.02. The van der Waals surface area contributed by atoms with Crippen LogP contribution in [0.3, 0.4) is 0 Å². The van der Waals surface area contributed by atoms with Gasteiger partial charge in [0.15, 0.2) is 11.5 Å². The zero-order valence-electron chi connectivity index (χ0n) is 8.57. The number of oxazole rings is 1. The zero-order chi connectivity index (χ0) is 10.3. The van der Waals surface area contributed by atoms with Crippen molar-refractivity contribution < 1.29 is 4.42 Å². The summed E-state index contributed by atoms with van der Waals surface area (Å²) >= 11 is 0. The van der Waals surface area contributed by atoms with E-state index in [1.54, 1.807) is 0 Å². The Morgan fingerprint density at radius 2 is 2.27 bits per heavy atom. The smallest absolute Gasteiger partial charge is 0.195 e. The first kappa shape index (κ1) is 8.77. The van der Waals surface area contributed by atoms with Gasteiger partial charge in [0.25, 0.3) is 0 Å². The molecule has 3 heteroatoms. The second kappa shape index (κ2) is 3.26. The van der Waals surface area contributed by atoms with Gasteiger partial charge in [-0.15, -0.1) is 0 Å². The number of hydrogen-bond acceptors (Lipinski definition) is 3. The molecule has 1 aliphatic rings. The monoisotopic (exact) mass is 202 g/mol. The van der Waals surface area contributed by atoms with Crippen molar-refractivity contribution >= 4 is 16.8 Å². The van der Waals surface area contributed by atoms with Gasteiger partial charge in [-0.25, -0.2) is 4.98 Å². The summed E-state index contributed by atoms with van der Waals surface area (Å²) in [6, 6.07) is 5.61. The molecule has 3 rings (SSSR count). The lowest BCUT2D eigenvalue weighted by Crippen LogP contribution is -2.13. The third kappa shape index (κ3) is 1.58. The lowest BCUT2D eigenvalue weighted by molar-refractivity contribution is 0.293. The van der Waals surface area contributed by atoms with E-state index in [4.69, 9.17) is 10.2 Å². The minimum Gasteiger partial charge on any atom is -0.441 e. The molecule has 1 aromatic carbocycles. The summed E-state index contributed by atoms with van der Waals surface area (Å²) in [6.07, 6.45) is 4.98. The summed E-state index contributed by atoms with van der Waals surface area (Å²) in [7, 11) is 0. The van der Waals surface area contributed by atoms with E-state index >= 15 is 0 Å². The lowest BCUT2D eigenvalue weighted by atomic mass is 9.83. The minimum atomic E-state index is 0.730. The Balaban J connectivity index is 1.91. The zero-order valence-corrected chi connectivity index (χ0v) is 8.57. The number of nitrogens with zero attached hydrogens (tertiary/aromatic N) is 1. The normalized spacial score (nSPS) is 16.8. The van der Waals surface area contributed by atoms with Crippen molar-refractivity contribution in [2.75, 3.05) is 5.73 Å². The highest BCUT2D eigenvalue weighted by Gasteiger charge is 2.20. The van der Waals surface area contributed by atoms with Crippen molar-refractivity contribution in [2.24, 2.45) is 5.92 Å². The number of rotatable bonds is 2. The van der Waals surface area contributed by atoms with Crippen LogP contribution in [0.1, 0.15) is 25.2 Å². The van der Waals surface area contributed by atoms with Crippen molar-refractivity contribution in [2.45, 2.75) is 25.7 Å². The predicted molar refractivity (Wildman–Crippen MR) is 59.5 cm³/mol. The molecule has 1 aliphatic carbocycles. The molecule has 2 N–H and O–H groups in total. The largest absolute Gasteiger partial charge is 0.441 e. The van der Waals surface area contributed by atoms with Crippen molar-refractivity contribution in [3.8, 4) is 0 Å². The van der Waals surface area contributed by atoms with Gasteiger partial charge in [-0.3, -0.25) is 0 Å². The van der Waals surface area contributed by atoms with Gasteiger partial charge in [0.05, 0.1) is 0 Å². The first-order chi connectivity index (χ1) is 7.31. The first-order valence-electron chi connectivity index (χ1n) is 5.46. The molecule has 0 radical (unpaired) electrons. The van der Waals surface area contributed by atoms with E-state index in [9.17, 15) is 0 Å². The number of fused-ring (bicyclic) bond motifs is 1. The molecular formula is C12H14N2O. The fourth-order valence-electron chi connectivity index (χ4n) is 2.02. The number of aromatic nitrogens is 1. The van der Waals surface area contributed by atoms with E-state index in [1.165, 1.54) is 19.3 Å². The van der Waals surface area contributed by atoms with E-state index < -0.39 is 0 Å². The van der Waals surface area contributed by atoms with Gasteiger partial charge in [-0.05, 0) is 30.9 Å². The van der Waals surface area contributed by atoms with Crippen LogP contribution in [0, 0.1) is 5.92 Å². The number of hydrogen-bond donors (Lipinski definition) is 1. The highest BCUT2D eigenvalue weighted by atomic mass is 16.3. The van der Waals surface area contributed by atoms with Gasteiger partial charge >= 0.3 is 0 Å². The highest BCUT2D eigenvalue weighted by Crippen LogP contribution is 2.30. The Labute approximate surface area is 88.3 Å². The Bertz CT molecular complexity index is 485. The Morgan fingerprint density at radius 1 is 1.40 bits per heavy atom. The maximum Gasteiger partial charge on any atom is 0.195 e. The van der Waals surface area contributed by atoms with Gasteiger partial charge in [0.2, 0.25) is 0 Å². The summed E-state index contributed by atoms with van der Waals surface area (Å²) in [5.41, 5.74) is 8.14. The highest BCUT2D eigenvalue weighted by molar-refractivity contribution is 5.76. The average Bonchev–Trinajstić information content (AvgIpc) is 2.53. The molecule has 15 heavy (non-hydrogen) atoms. The average molecular weight is 202 g/mol. The van der Waals surface area contributed by atoms with E-state index in [1.807, 2.05) is 18.2 Å². The second-order valence-corrected chi connectivity index (χ2v) is 4.34. The maximum absolute atomic E-state index is 5.68. The van der Waals surface area contributed by atoms with Crippen molar-refractivity contribution in [3.05, 3.63) is 24.1 Å². The summed E-state index contributed by atoms with van der Waals surface area (Å²) in [5.74, 6) is 1.65. The number of benzene rings is 1. The van der Waals surface area contributed by atoms with Crippen LogP contribution < -0.4 is 5.73 Å². The van der Waals surface area contributed by atoms with Crippen LogP contribution in [0.2, 0.25) is 0 Å². The van der Waals surface area contributed by atoms with E-state index in [-0.39, 0.29) is 0 Å². The molecule has 0 bridgehead atoms. The molecule has 78 valence electrons. The summed E-state index contributed by atoms with van der Waals surface area (Å²) in [5, 5.41) is 0. The molecule has 1 heterocycles. The van der Waals surface area contributed by atoms with Gasteiger partial charge in [-0.1, -0.05) is 6.42 Å². The molecule has 0 amide bonds. The maximum atomic E-state index is 5.68. The van der Waals surface area contributed by atoms with E-state index in [2.05, 4.69) is 4.98 Å². The van der Waals surface area contributed by atoms with Crippen LogP contribution in [-0.4, -0.2) is 4.98 Å². The fraction of sp³-hybridized carbons (Fsp3) is 0.417.